The molecule has 0 spiro atoms. The minimum absolute atomic E-state index is 0. The summed E-state index contributed by atoms with van der Waals surface area (Å²) in [4.78, 5) is 17.2. The summed E-state index contributed by atoms with van der Waals surface area (Å²) in [6.45, 7) is 2.97. The summed E-state index contributed by atoms with van der Waals surface area (Å²) in [5.74, 6) is 1.49. The standard InChI is InChI=1S/C22H24N4O2.2ClH/c27-22(24-14-17-10-12-23-13-11-17)15-26-20-9-5-4-8-19(20)25-21(26)16-28-18-6-2-1-3-7-18;;/h1-10,23H,11-16H2,(H,24,27);2*1H. The highest BCUT2D eigenvalue weighted by atomic mass is 35.5. The smallest absolute Gasteiger partial charge is 0.240 e. The van der Waals surface area contributed by atoms with Gasteiger partial charge in [-0.05, 0) is 37.2 Å². The van der Waals surface area contributed by atoms with E-state index in [1.807, 2.05) is 59.2 Å². The fourth-order valence-corrected chi connectivity index (χ4v) is 3.32. The fraction of sp³-hybridized carbons (Fsp3) is 0.273. The Balaban J connectivity index is 0.00000160. The molecule has 0 saturated heterocycles. The number of hydrogen-bond acceptors (Lipinski definition) is 4. The Morgan fingerprint density at radius 1 is 1.10 bits per heavy atom. The lowest BCUT2D eigenvalue weighted by molar-refractivity contribution is -0.121. The Labute approximate surface area is 188 Å². The maximum Gasteiger partial charge on any atom is 0.240 e. The van der Waals surface area contributed by atoms with Crippen molar-refractivity contribution in [3.05, 3.63) is 72.1 Å². The fourth-order valence-electron chi connectivity index (χ4n) is 3.32. The van der Waals surface area contributed by atoms with Crippen LogP contribution in [0.5, 0.6) is 5.75 Å². The molecule has 1 amide bonds. The molecule has 6 nitrogen and oxygen atoms in total. The van der Waals surface area contributed by atoms with Crippen LogP contribution in [0.3, 0.4) is 0 Å². The van der Waals surface area contributed by atoms with E-state index in [1.54, 1.807) is 0 Å². The number of benzene rings is 2. The van der Waals surface area contributed by atoms with E-state index in [2.05, 4.69) is 21.7 Å². The highest BCUT2D eigenvalue weighted by Crippen LogP contribution is 2.18. The first-order valence-corrected chi connectivity index (χ1v) is 9.57. The zero-order chi connectivity index (χ0) is 19.2. The summed E-state index contributed by atoms with van der Waals surface area (Å²) >= 11 is 0. The first-order chi connectivity index (χ1) is 13.8. The van der Waals surface area contributed by atoms with Gasteiger partial charge in [0.1, 0.15) is 24.7 Å². The number of rotatable bonds is 7. The lowest BCUT2D eigenvalue weighted by Gasteiger charge is -2.15. The van der Waals surface area contributed by atoms with Crippen LogP contribution in [0.2, 0.25) is 0 Å². The van der Waals surface area contributed by atoms with Gasteiger partial charge in [0.15, 0.2) is 0 Å². The first kappa shape index (κ1) is 23.7. The summed E-state index contributed by atoms with van der Waals surface area (Å²) in [5, 5.41) is 6.31. The van der Waals surface area contributed by atoms with Crippen molar-refractivity contribution < 1.29 is 9.53 Å². The zero-order valence-corrected chi connectivity index (χ0v) is 18.2. The van der Waals surface area contributed by atoms with E-state index >= 15 is 0 Å². The van der Waals surface area contributed by atoms with E-state index in [4.69, 9.17) is 4.74 Å². The van der Waals surface area contributed by atoms with E-state index in [0.29, 0.717) is 13.2 Å². The molecule has 1 aliphatic heterocycles. The maximum atomic E-state index is 12.6. The lowest BCUT2D eigenvalue weighted by Crippen LogP contribution is -2.32. The molecule has 0 atom stereocenters. The average Bonchev–Trinajstić information content (AvgIpc) is 3.10. The van der Waals surface area contributed by atoms with Gasteiger partial charge in [-0.1, -0.05) is 42.0 Å². The Hall–Kier alpha value is -2.54. The molecule has 2 N–H and O–H groups in total. The number of carbonyl (C=O) groups is 1. The summed E-state index contributed by atoms with van der Waals surface area (Å²) in [6.07, 6.45) is 3.12. The van der Waals surface area contributed by atoms with Crippen LogP contribution in [-0.2, 0) is 17.9 Å². The van der Waals surface area contributed by atoms with Crippen LogP contribution in [0.4, 0.5) is 0 Å². The van der Waals surface area contributed by atoms with Crippen molar-refractivity contribution in [2.24, 2.45) is 0 Å². The van der Waals surface area contributed by atoms with Crippen molar-refractivity contribution in [2.45, 2.75) is 19.6 Å². The number of nitrogens with zero attached hydrogens (tertiary/aromatic N) is 2. The average molecular weight is 449 g/mol. The summed E-state index contributed by atoms with van der Waals surface area (Å²) in [5.41, 5.74) is 3.07. The largest absolute Gasteiger partial charge is 0.486 e. The minimum Gasteiger partial charge on any atom is -0.486 e. The predicted molar refractivity (Wildman–Crippen MR) is 124 cm³/mol. The second-order valence-corrected chi connectivity index (χ2v) is 6.80. The van der Waals surface area contributed by atoms with E-state index in [1.165, 1.54) is 5.57 Å². The molecule has 0 radical (unpaired) electrons. The highest BCUT2D eigenvalue weighted by Gasteiger charge is 2.14. The summed E-state index contributed by atoms with van der Waals surface area (Å²) in [6, 6.07) is 17.5. The normalized spacial score (nSPS) is 13.0. The van der Waals surface area contributed by atoms with Gasteiger partial charge >= 0.3 is 0 Å². The Bertz CT molecular complexity index is 989. The van der Waals surface area contributed by atoms with Crippen molar-refractivity contribution in [3.63, 3.8) is 0 Å². The minimum atomic E-state index is -0.0245. The summed E-state index contributed by atoms with van der Waals surface area (Å²) in [7, 11) is 0. The number of fused-ring (bicyclic) bond motifs is 1. The quantitative estimate of drug-likeness (QED) is 0.542. The predicted octanol–water partition coefficient (Wildman–Crippen LogP) is 3.49. The lowest BCUT2D eigenvalue weighted by atomic mass is 10.1. The number of hydrogen-bond donors (Lipinski definition) is 2. The molecule has 0 bridgehead atoms. The number of nitrogens with one attached hydrogen (secondary N) is 2. The second kappa shape index (κ2) is 11.6. The molecule has 30 heavy (non-hydrogen) atoms. The molecule has 1 aromatic heterocycles. The van der Waals surface area contributed by atoms with E-state index < -0.39 is 0 Å². The zero-order valence-electron chi connectivity index (χ0n) is 16.5. The molecule has 0 aliphatic carbocycles. The van der Waals surface area contributed by atoms with Crippen LogP contribution < -0.4 is 15.4 Å². The van der Waals surface area contributed by atoms with Crippen molar-refractivity contribution in [1.29, 1.82) is 0 Å². The van der Waals surface area contributed by atoms with Crippen LogP contribution in [0.15, 0.2) is 66.2 Å². The number of amides is 1. The van der Waals surface area contributed by atoms with Gasteiger partial charge < -0.3 is 19.9 Å². The third-order valence-electron chi connectivity index (χ3n) is 4.82. The monoisotopic (exact) mass is 448 g/mol. The van der Waals surface area contributed by atoms with Gasteiger partial charge in [0.05, 0.1) is 11.0 Å². The molecule has 2 aromatic carbocycles. The van der Waals surface area contributed by atoms with Crippen molar-refractivity contribution in [1.82, 2.24) is 20.2 Å². The molecule has 160 valence electrons. The molecular formula is C22H26Cl2N4O2. The molecule has 4 rings (SSSR count). The molecule has 3 aromatic rings. The Kier molecular flexibility index (Phi) is 9.17. The molecule has 8 heteroatoms. The van der Waals surface area contributed by atoms with Crippen LogP contribution in [0.25, 0.3) is 11.0 Å². The van der Waals surface area contributed by atoms with Gasteiger partial charge in [-0.2, -0.15) is 0 Å². The topological polar surface area (TPSA) is 68.2 Å². The van der Waals surface area contributed by atoms with E-state index in [0.717, 1.165) is 42.1 Å². The van der Waals surface area contributed by atoms with Gasteiger partial charge in [0.2, 0.25) is 5.91 Å². The third-order valence-corrected chi connectivity index (χ3v) is 4.82. The molecule has 0 unspecified atom stereocenters. The van der Waals surface area contributed by atoms with Crippen molar-refractivity contribution >= 4 is 41.8 Å². The maximum absolute atomic E-state index is 12.6. The van der Waals surface area contributed by atoms with Gasteiger partial charge in [-0.15, -0.1) is 24.8 Å². The van der Waals surface area contributed by atoms with Crippen molar-refractivity contribution in [3.8, 4) is 5.75 Å². The van der Waals surface area contributed by atoms with Crippen LogP contribution in [0.1, 0.15) is 12.2 Å². The van der Waals surface area contributed by atoms with Gasteiger partial charge in [0, 0.05) is 13.1 Å². The third kappa shape index (κ3) is 5.98. The first-order valence-electron chi connectivity index (χ1n) is 9.57. The SMILES string of the molecule is Cl.Cl.O=C(Cn1c(COc2ccccc2)nc2ccccc21)NCC1=CCNCC1. The van der Waals surface area contributed by atoms with Crippen LogP contribution in [0, 0.1) is 0 Å². The molecule has 1 aliphatic rings. The van der Waals surface area contributed by atoms with Gasteiger partial charge in [-0.25, -0.2) is 4.98 Å². The van der Waals surface area contributed by atoms with E-state index in [9.17, 15) is 4.79 Å². The molecular weight excluding hydrogens is 423 g/mol. The van der Waals surface area contributed by atoms with Crippen LogP contribution >= 0.6 is 24.8 Å². The molecule has 0 saturated carbocycles. The Morgan fingerprint density at radius 3 is 2.63 bits per heavy atom. The molecule has 0 fully saturated rings. The second-order valence-electron chi connectivity index (χ2n) is 6.80. The Morgan fingerprint density at radius 2 is 1.87 bits per heavy atom. The van der Waals surface area contributed by atoms with Crippen molar-refractivity contribution in [2.75, 3.05) is 19.6 Å². The number of aromatic nitrogens is 2. The number of carbonyl (C=O) groups excluding carboxylic acids is 1. The number of halogens is 2. The van der Waals surface area contributed by atoms with Gasteiger partial charge in [0.25, 0.3) is 0 Å². The van der Waals surface area contributed by atoms with Gasteiger partial charge in [-0.3, -0.25) is 4.79 Å². The number of imidazole rings is 1. The summed E-state index contributed by atoms with van der Waals surface area (Å²) < 4.78 is 7.80. The number of ether oxygens (including phenoxy) is 1. The highest BCUT2D eigenvalue weighted by molar-refractivity contribution is 5.85. The number of para-hydroxylation sites is 3. The molecule has 2 heterocycles. The van der Waals surface area contributed by atoms with E-state index in [-0.39, 0.29) is 37.3 Å². The van der Waals surface area contributed by atoms with Crippen LogP contribution in [-0.4, -0.2) is 35.1 Å².